The van der Waals surface area contributed by atoms with Gasteiger partial charge in [0.05, 0.1) is 18.2 Å². The van der Waals surface area contributed by atoms with Crippen LogP contribution in [0.3, 0.4) is 0 Å². The van der Waals surface area contributed by atoms with Gasteiger partial charge >= 0.3 is 0 Å². The minimum atomic E-state index is -0.635. The van der Waals surface area contributed by atoms with Gasteiger partial charge in [0.25, 0.3) is 0 Å². The first-order valence-electron chi connectivity index (χ1n) is 4.35. The van der Waals surface area contributed by atoms with Crippen molar-refractivity contribution >= 4 is 11.6 Å². The lowest BCUT2D eigenvalue weighted by atomic mass is 10.1. The number of rotatable bonds is 1. The van der Waals surface area contributed by atoms with E-state index in [1.807, 2.05) is 0 Å². The fourth-order valence-electron chi connectivity index (χ4n) is 1.39. The molecule has 1 aliphatic rings. The summed E-state index contributed by atoms with van der Waals surface area (Å²) in [5, 5.41) is 8.77. The third kappa shape index (κ3) is 1.82. The number of nitriles is 1. The fourth-order valence-corrected chi connectivity index (χ4v) is 1.68. The van der Waals surface area contributed by atoms with Crippen molar-refractivity contribution in [2.75, 3.05) is 13.2 Å². The monoisotopic (exact) mass is 227 g/mol. The third-order valence-corrected chi connectivity index (χ3v) is 2.52. The molecule has 1 aromatic rings. The summed E-state index contributed by atoms with van der Waals surface area (Å²) in [6.07, 6.45) is -0.592. The van der Waals surface area contributed by atoms with Crippen molar-refractivity contribution in [3.63, 3.8) is 0 Å². The van der Waals surface area contributed by atoms with E-state index in [-0.39, 0.29) is 10.6 Å². The van der Waals surface area contributed by atoms with Gasteiger partial charge < -0.3 is 9.47 Å². The Morgan fingerprint density at radius 1 is 1.40 bits per heavy atom. The Morgan fingerprint density at radius 2 is 2.07 bits per heavy atom. The van der Waals surface area contributed by atoms with Crippen molar-refractivity contribution in [1.82, 2.24) is 0 Å². The molecule has 0 radical (unpaired) electrons. The lowest BCUT2D eigenvalue weighted by molar-refractivity contribution is -0.0440. The van der Waals surface area contributed by atoms with E-state index in [0.717, 1.165) is 0 Å². The van der Waals surface area contributed by atoms with E-state index >= 15 is 0 Å². The number of ether oxygens (including phenoxy) is 2. The average molecular weight is 228 g/mol. The normalized spacial score (nSPS) is 16.6. The number of halogens is 2. The van der Waals surface area contributed by atoms with Crippen molar-refractivity contribution in [3.05, 3.63) is 34.1 Å². The van der Waals surface area contributed by atoms with Crippen LogP contribution in [0.2, 0.25) is 5.02 Å². The van der Waals surface area contributed by atoms with E-state index in [2.05, 4.69) is 0 Å². The van der Waals surface area contributed by atoms with E-state index in [1.54, 1.807) is 6.07 Å². The molecule has 1 heterocycles. The van der Waals surface area contributed by atoms with Gasteiger partial charge in [0.1, 0.15) is 17.4 Å². The molecule has 78 valence electrons. The van der Waals surface area contributed by atoms with Crippen molar-refractivity contribution in [2.24, 2.45) is 0 Å². The van der Waals surface area contributed by atoms with Crippen LogP contribution >= 0.6 is 11.6 Å². The van der Waals surface area contributed by atoms with Crippen molar-refractivity contribution in [1.29, 1.82) is 5.26 Å². The molecule has 1 saturated heterocycles. The number of benzene rings is 1. The molecule has 1 aliphatic heterocycles. The van der Waals surface area contributed by atoms with Gasteiger partial charge in [-0.3, -0.25) is 0 Å². The second kappa shape index (κ2) is 4.15. The smallest absolute Gasteiger partial charge is 0.185 e. The Hall–Kier alpha value is -1.15. The highest BCUT2D eigenvalue weighted by Crippen LogP contribution is 2.32. The average Bonchev–Trinajstić information content (AvgIpc) is 2.71. The number of hydrogen-bond donors (Lipinski definition) is 0. The van der Waals surface area contributed by atoms with E-state index in [0.29, 0.717) is 18.8 Å². The molecule has 15 heavy (non-hydrogen) atoms. The van der Waals surface area contributed by atoms with Gasteiger partial charge in [0.2, 0.25) is 0 Å². The van der Waals surface area contributed by atoms with Crippen LogP contribution in [-0.4, -0.2) is 13.2 Å². The number of nitrogens with zero attached hydrogens (tertiary/aromatic N) is 1. The van der Waals surface area contributed by atoms with Gasteiger partial charge in [0, 0.05) is 5.56 Å². The van der Waals surface area contributed by atoms with Gasteiger partial charge in [-0.1, -0.05) is 11.6 Å². The van der Waals surface area contributed by atoms with Crippen LogP contribution < -0.4 is 0 Å². The largest absolute Gasteiger partial charge is 0.346 e. The Bertz CT molecular complexity index is 424. The van der Waals surface area contributed by atoms with Crippen LogP contribution in [0.4, 0.5) is 4.39 Å². The zero-order chi connectivity index (χ0) is 10.8. The second-order valence-electron chi connectivity index (χ2n) is 3.01. The zero-order valence-electron chi connectivity index (χ0n) is 7.67. The Balaban J connectivity index is 2.45. The van der Waals surface area contributed by atoms with Crippen molar-refractivity contribution in [3.8, 4) is 6.07 Å². The molecule has 0 amide bonds. The summed E-state index contributed by atoms with van der Waals surface area (Å²) in [7, 11) is 0. The fraction of sp³-hybridized carbons (Fsp3) is 0.300. The topological polar surface area (TPSA) is 42.2 Å². The molecule has 0 aromatic heterocycles. The first kappa shape index (κ1) is 10.4. The summed E-state index contributed by atoms with van der Waals surface area (Å²) in [5.74, 6) is -0.635. The van der Waals surface area contributed by atoms with E-state index < -0.39 is 12.1 Å². The predicted octanol–water partition coefficient (Wildman–Crippen LogP) is 2.40. The van der Waals surface area contributed by atoms with Gasteiger partial charge in [-0.05, 0) is 12.1 Å². The summed E-state index contributed by atoms with van der Waals surface area (Å²) < 4.78 is 23.6. The first-order chi connectivity index (χ1) is 7.24. The van der Waals surface area contributed by atoms with Crippen LogP contribution in [0, 0.1) is 17.1 Å². The standard InChI is InChI=1S/C10H7ClFNO2/c11-9-6(10-14-3-4-15-10)1-2-8(12)7(9)5-13/h1-2,10H,3-4H2. The van der Waals surface area contributed by atoms with Gasteiger partial charge in [-0.15, -0.1) is 0 Å². The lowest BCUT2D eigenvalue weighted by Gasteiger charge is -2.11. The zero-order valence-corrected chi connectivity index (χ0v) is 8.42. The van der Waals surface area contributed by atoms with Crippen LogP contribution in [0.15, 0.2) is 12.1 Å². The lowest BCUT2D eigenvalue weighted by Crippen LogP contribution is -2.01. The van der Waals surface area contributed by atoms with E-state index in [9.17, 15) is 4.39 Å². The Labute approximate surface area is 91.0 Å². The summed E-state index contributed by atoms with van der Waals surface area (Å²) in [6, 6.07) is 4.36. The van der Waals surface area contributed by atoms with Crippen LogP contribution in [0.5, 0.6) is 0 Å². The molecular weight excluding hydrogens is 221 g/mol. The molecule has 2 rings (SSSR count). The molecule has 0 atom stereocenters. The summed E-state index contributed by atoms with van der Waals surface area (Å²) in [4.78, 5) is 0. The van der Waals surface area contributed by atoms with E-state index in [4.69, 9.17) is 26.3 Å². The SMILES string of the molecule is N#Cc1c(F)ccc(C2OCCO2)c1Cl. The molecular formula is C10H7ClFNO2. The van der Waals surface area contributed by atoms with Gasteiger partial charge in [0.15, 0.2) is 6.29 Å². The molecule has 0 N–H and O–H groups in total. The molecule has 1 aromatic carbocycles. The quantitative estimate of drug-likeness (QED) is 0.740. The summed E-state index contributed by atoms with van der Waals surface area (Å²) in [6.45, 7) is 0.945. The van der Waals surface area contributed by atoms with Crippen molar-refractivity contribution < 1.29 is 13.9 Å². The highest BCUT2D eigenvalue weighted by Gasteiger charge is 2.23. The maximum Gasteiger partial charge on any atom is 0.185 e. The highest BCUT2D eigenvalue weighted by atomic mass is 35.5. The maximum atomic E-state index is 13.1. The van der Waals surface area contributed by atoms with Crippen LogP contribution in [0.1, 0.15) is 17.4 Å². The van der Waals surface area contributed by atoms with Gasteiger partial charge in [-0.25, -0.2) is 4.39 Å². The third-order valence-electron chi connectivity index (χ3n) is 2.11. The van der Waals surface area contributed by atoms with E-state index in [1.165, 1.54) is 12.1 Å². The maximum absolute atomic E-state index is 13.1. The predicted molar refractivity (Wildman–Crippen MR) is 50.8 cm³/mol. The van der Waals surface area contributed by atoms with Gasteiger partial charge in [-0.2, -0.15) is 5.26 Å². The van der Waals surface area contributed by atoms with Crippen molar-refractivity contribution in [2.45, 2.75) is 6.29 Å². The molecule has 0 spiro atoms. The molecule has 0 saturated carbocycles. The Kier molecular flexibility index (Phi) is 2.87. The second-order valence-corrected chi connectivity index (χ2v) is 3.39. The molecule has 0 bridgehead atoms. The molecule has 0 aliphatic carbocycles. The Morgan fingerprint density at radius 3 is 2.67 bits per heavy atom. The number of hydrogen-bond acceptors (Lipinski definition) is 3. The first-order valence-corrected chi connectivity index (χ1v) is 4.73. The minimum absolute atomic E-state index is 0.0596. The molecule has 0 unspecified atom stereocenters. The minimum Gasteiger partial charge on any atom is -0.346 e. The van der Waals surface area contributed by atoms with Crippen LogP contribution in [-0.2, 0) is 9.47 Å². The molecule has 3 nitrogen and oxygen atoms in total. The summed E-state index contributed by atoms with van der Waals surface area (Å²) in [5.41, 5.74) is 0.320. The highest BCUT2D eigenvalue weighted by molar-refractivity contribution is 6.32. The van der Waals surface area contributed by atoms with Crippen LogP contribution in [0.25, 0.3) is 0 Å². The summed E-state index contributed by atoms with van der Waals surface area (Å²) >= 11 is 5.87. The molecule has 1 fully saturated rings. The molecule has 5 heteroatoms.